The number of hydrogen-bond acceptors (Lipinski definition) is 4. The zero-order chi connectivity index (χ0) is 16.2. The molecular weight excluding hydrogens is 280 g/mol. The summed E-state index contributed by atoms with van der Waals surface area (Å²) in [6.07, 6.45) is 1.29. The topological polar surface area (TPSA) is 83.3 Å². The second-order valence-corrected chi connectivity index (χ2v) is 5.65. The fourth-order valence-electron chi connectivity index (χ4n) is 2.95. The smallest absolute Gasteiger partial charge is 0.264 e. The number of aromatic amines is 1. The number of nitrogens with one attached hydrogen (secondary N) is 1. The van der Waals surface area contributed by atoms with E-state index in [1.807, 2.05) is 27.7 Å². The van der Waals surface area contributed by atoms with Gasteiger partial charge in [0.2, 0.25) is 11.7 Å². The first kappa shape index (κ1) is 14.3. The molecule has 3 rings (SSSR count). The number of aromatic hydroxyl groups is 1. The fraction of sp³-hybridized carbons (Fsp3) is 0.312. The summed E-state index contributed by atoms with van der Waals surface area (Å²) >= 11 is 0. The summed E-state index contributed by atoms with van der Waals surface area (Å²) in [5.74, 6) is 0.0345. The lowest BCUT2D eigenvalue weighted by atomic mass is 9.87. The van der Waals surface area contributed by atoms with Crippen molar-refractivity contribution < 1.29 is 5.11 Å². The van der Waals surface area contributed by atoms with Crippen LogP contribution in [0.4, 0.5) is 0 Å². The van der Waals surface area contributed by atoms with Gasteiger partial charge in [-0.25, -0.2) is 0 Å². The van der Waals surface area contributed by atoms with Crippen molar-refractivity contribution in [1.82, 2.24) is 19.6 Å². The van der Waals surface area contributed by atoms with Gasteiger partial charge in [0.25, 0.3) is 5.56 Å². The Morgan fingerprint density at radius 2 is 1.50 bits per heavy atom. The molecule has 114 valence electrons. The zero-order valence-electron chi connectivity index (χ0n) is 13.3. The Bertz CT molecular complexity index is 937. The second kappa shape index (κ2) is 4.69. The van der Waals surface area contributed by atoms with E-state index in [2.05, 4.69) is 22.0 Å². The normalized spacial score (nSPS) is 11.3. The van der Waals surface area contributed by atoms with Crippen molar-refractivity contribution in [2.75, 3.05) is 0 Å². The van der Waals surface area contributed by atoms with E-state index in [9.17, 15) is 9.90 Å². The van der Waals surface area contributed by atoms with Crippen LogP contribution in [0.2, 0.25) is 0 Å². The number of nitrogens with zero attached hydrogens (tertiary/aromatic N) is 3. The van der Waals surface area contributed by atoms with Gasteiger partial charge in [-0.1, -0.05) is 0 Å². The van der Waals surface area contributed by atoms with E-state index in [4.69, 9.17) is 0 Å². The molecule has 0 saturated carbocycles. The van der Waals surface area contributed by atoms with E-state index in [0.717, 1.165) is 27.8 Å². The number of H-pyrrole nitrogens is 1. The van der Waals surface area contributed by atoms with Gasteiger partial charge in [0.1, 0.15) is 11.9 Å². The molecule has 0 aliphatic heterocycles. The highest BCUT2D eigenvalue weighted by molar-refractivity contribution is 5.77. The predicted molar refractivity (Wildman–Crippen MR) is 84.4 cm³/mol. The highest BCUT2D eigenvalue weighted by Gasteiger charge is 2.21. The van der Waals surface area contributed by atoms with Crippen LogP contribution in [0.3, 0.4) is 0 Å². The van der Waals surface area contributed by atoms with E-state index < -0.39 is 0 Å². The van der Waals surface area contributed by atoms with Crippen LogP contribution in [0, 0.1) is 34.6 Å². The Morgan fingerprint density at radius 3 is 2.09 bits per heavy atom. The van der Waals surface area contributed by atoms with Crippen molar-refractivity contribution in [3.05, 3.63) is 44.5 Å². The molecule has 0 atom stereocenters. The van der Waals surface area contributed by atoms with E-state index in [-0.39, 0.29) is 22.8 Å². The predicted octanol–water partition coefficient (Wildman–Crippen LogP) is 2.33. The zero-order valence-corrected chi connectivity index (χ0v) is 13.3. The molecule has 22 heavy (non-hydrogen) atoms. The van der Waals surface area contributed by atoms with E-state index in [1.165, 1.54) is 16.4 Å². The number of benzene rings is 1. The second-order valence-electron chi connectivity index (χ2n) is 5.65. The van der Waals surface area contributed by atoms with Gasteiger partial charge < -0.3 is 5.11 Å². The number of rotatable bonds is 1. The third kappa shape index (κ3) is 1.76. The van der Waals surface area contributed by atoms with Gasteiger partial charge >= 0.3 is 0 Å². The number of hydrogen-bond donors (Lipinski definition) is 2. The first-order valence-corrected chi connectivity index (χ1v) is 7.06. The summed E-state index contributed by atoms with van der Waals surface area (Å²) in [6, 6.07) is 0. The maximum absolute atomic E-state index is 12.5. The highest BCUT2D eigenvalue weighted by Crippen LogP contribution is 2.35. The molecule has 0 bridgehead atoms. The minimum atomic E-state index is -0.369. The van der Waals surface area contributed by atoms with Gasteiger partial charge in [0.15, 0.2) is 0 Å². The lowest BCUT2D eigenvalue weighted by Gasteiger charge is -2.19. The maximum Gasteiger partial charge on any atom is 0.264 e. The molecule has 6 nitrogen and oxygen atoms in total. The minimum Gasteiger partial charge on any atom is -0.493 e. The van der Waals surface area contributed by atoms with Crippen molar-refractivity contribution in [3.8, 4) is 17.0 Å². The Balaban J connectivity index is 2.50. The van der Waals surface area contributed by atoms with Crippen LogP contribution in [0.1, 0.15) is 27.8 Å². The Hall–Kier alpha value is -2.63. The molecule has 2 N–H and O–H groups in total. The first-order chi connectivity index (χ1) is 10.3. The SMILES string of the molecule is Cc1c(C)c(C)c(-c2c(O)n3ncnc3[nH]c2=O)c(C)c1C. The Kier molecular flexibility index (Phi) is 3.05. The van der Waals surface area contributed by atoms with Crippen LogP contribution in [-0.4, -0.2) is 24.7 Å². The molecule has 0 radical (unpaired) electrons. The summed E-state index contributed by atoms with van der Waals surface area (Å²) in [7, 11) is 0. The van der Waals surface area contributed by atoms with Gasteiger partial charge in [-0.3, -0.25) is 9.78 Å². The quantitative estimate of drug-likeness (QED) is 0.722. The molecule has 0 unspecified atom stereocenters. The maximum atomic E-state index is 12.5. The molecular formula is C16H18N4O2. The summed E-state index contributed by atoms with van der Waals surface area (Å²) in [5, 5.41) is 14.5. The molecule has 0 spiro atoms. The van der Waals surface area contributed by atoms with Gasteiger partial charge in [0.05, 0.1) is 0 Å². The van der Waals surface area contributed by atoms with Crippen LogP contribution < -0.4 is 5.56 Å². The lowest BCUT2D eigenvalue weighted by Crippen LogP contribution is -2.15. The Labute approximate surface area is 127 Å². The van der Waals surface area contributed by atoms with Crippen molar-refractivity contribution >= 4 is 5.78 Å². The van der Waals surface area contributed by atoms with E-state index >= 15 is 0 Å². The van der Waals surface area contributed by atoms with Gasteiger partial charge in [-0.05, 0) is 68.0 Å². The van der Waals surface area contributed by atoms with E-state index in [0.29, 0.717) is 0 Å². The molecule has 0 saturated heterocycles. The Morgan fingerprint density at radius 1 is 0.955 bits per heavy atom. The molecule has 0 aliphatic rings. The van der Waals surface area contributed by atoms with Crippen molar-refractivity contribution in [3.63, 3.8) is 0 Å². The molecule has 0 amide bonds. The van der Waals surface area contributed by atoms with Crippen LogP contribution in [-0.2, 0) is 0 Å². The lowest BCUT2D eigenvalue weighted by molar-refractivity contribution is 0.436. The first-order valence-electron chi connectivity index (χ1n) is 7.06. The van der Waals surface area contributed by atoms with Crippen LogP contribution >= 0.6 is 0 Å². The standard InChI is InChI=1S/C16H18N4O2/c1-7-8(2)10(4)12(11(5)9(7)3)13-14(21)19-16-17-6-18-20(16)15(13)22/h6,22H,1-5H3,(H,17,18,19,21). The summed E-state index contributed by atoms with van der Waals surface area (Å²) in [6.45, 7) is 10.1. The summed E-state index contributed by atoms with van der Waals surface area (Å²) in [5.41, 5.74) is 6.05. The average molecular weight is 298 g/mol. The molecule has 0 fully saturated rings. The molecule has 1 aromatic carbocycles. The largest absolute Gasteiger partial charge is 0.493 e. The number of aromatic nitrogens is 4. The average Bonchev–Trinajstić information content (AvgIpc) is 2.95. The van der Waals surface area contributed by atoms with Crippen LogP contribution in [0.25, 0.3) is 16.9 Å². The van der Waals surface area contributed by atoms with Crippen LogP contribution in [0.15, 0.2) is 11.1 Å². The molecule has 3 aromatic rings. The third-order valence-electron chi connectivity index (χ3n) is 4.67. The summed E-state index contributed by atoms with van der Waals surface area (Å²) < 4.78 is 1.24. The highest BCUT2D eigenvalue weighted by atomic mass is 16.3. The monoisotopic (exact) mass is 298 g/mol. The molecule has 2 heterocycles. The minimum absolute atomic E-state index is 0.190. The van der Waals surface area contributed by atoms with Gasteiger partial charge in [-0.15, -0.1) is 0 Å². The molecule has 0 aliphatic carbocycles. The fourth-order valence-corrected chi connectivity index (χ4v) is 2.95. The third-order valence-corrected chi connectivity index (χ3v) is 4.67. The van der Waals surface area contributed by atoms with Crippen molar-refractivity contribution in [1.29, 1.82) is 0 Å². The van der Waals surface area contributed by atoms with Crippen molar-refractivity contribution in [2.45, 2.75) is 34.6 Å². The van der Waals surface area contributed by atoms with Gasteiger partial charge in [0, 0.05) is 0 Å². The van der Waals surface area contributed by atoms with E-state index in [1.54, 1.807) is 0 Å². The van der Waals surface area contributed by atoms with Crippen LogP contribution in [0.5, 0.6) is 5.88 Å². The molecule has 6 heteroatoms. The van der Waals surface area contributed by atoms with Gasteiger partial charge in [-0.2, -0.15) is 14.6 Å². The number of fused-ring (bicyclic) bond motifs is 1. The molecule has 2 aromatic heterocycles. The van der Waals surface area contributed by atoms with Crippen molar-refractivity contribution in [2.24, 2.45) is 0 Å². The summed E-state index contributed by atoms with van der Waals surface area (Å²) in [4.78, 5) is 19.0.